The van der Waals surface area contributed by atoms with Gasteiger partial charge in [0, 0.05) is 114 Å². The van der Waals surface area contributed by atoms with Crippen molar-refractivity contribution in [1.29, 1.82) is 0 Å². The maximum atomic E-state index is 13.5. The number of anilines is 2. The number of rotatable bonds is 32. The first kappa shape index (κ1) is 63.2. The molecule has 3 amide bonds. The second kappa shape index (κ2) is 30.8. The van der Waals surface area contributed by atoms with E-state index in [1.54, 1.807) is 4.90 Å². The molecule has 8 rings (SSSR count). The van der Waals surface area contributed by atoms with Crippen LogP contribution in [0.3, 0.4) is 0 Å². The average Bonchev–Trinajstić information content (AvgIpc) is 3.82. The van der Waals surface area contributed by atoms with Crippen molar-refractivity contribution >= 4 is 53.5 Å². The maximum absolute atomic E-state index is 13.5. The molecule has 1 saturated carbocycles. The van der Waals surface area contributed by atoms with Crippen molar-refractivity contribution in [2.75, 3.05) is 88.9 Å². The van der Waals surface area contributed by atoms with Crippen LogP contribution in [0.25, 0.3) is 5.69 Å². The average molecular weight is 1170 g/mol. The number of piperazine rings is 1. The highest BCUT2D eigenvalue weighted by molar-refractivity contribution is 8.08. The van der Waals surface area contributed by atoms with E-state index in [0.29, 0.717) is 64.1 Å². The van der Waals surface area contributed by atoms with Gasteiger partial charge in [-0.2, -0.15) is 5.10 Å². The minimum Gasteiger partial charge on any atom is -0.791 e. The topological polar surface area (TPSA) is 198 Å². The molecule has 6 heterocycles. The maximum Gasteiger partial charge on any atom is 0.306 e. The van der Waals surface area contributed by atoms with Crippen LogP contribution < -0.4 is 20.4 Å². The van der Waals surface area contributed by atoms with Gasteiger partial charge in [-0.05, 0) is 150 Å². The van der Waals surface area contributed by atoms with Crippen LogP contribution in [0.5, 0.6) is 0 Å². The Hall–Kier alpha value is -4.87. The van der Waals surface area contributed by atoms with Gasteiger partial charge in [0.15, 0.2) is 0 Å². The highest BCUT2D eigenvalue weighted by Crippen LogP contribution is 2.47. The third-order valence-corrected chi connectivity index (χ3v) is 20.0. The molecule has 4 fully saturated rings. The number of carbonyl (C=O) groups excluding carboxylic acids is 4. The highest BCUT2D eigenvalue weighted by Gasteiger charge is 2.38. The zero-order valence-corrected chi connectivity index (χ0v) is 51.5. The molecule has 3 saturated heterocycles. The molecular weight excluding hydrogens is 1070 g/mol. The van der Waals surface area contributed by atoms with E-state index in [0.717, 1.165) is 136 Å². The van der Waals surface area contributed by atoms with Gasteiger partial charge < -0.3 is 49.5 Å². The van der Waals surface area contributed by atoms with Gasteiger partial charge in [0.25, 0.3) is 0 Å². The fourth-order valence-corrected chi connectivity index (χ4v) is 14.8. The van der Waals surface area contributed by atoms with Gasteiger partial charge in [0.1, 0.15) is 11.6 Å². The third-order valence-electron chi connectivity index (χ3n) is 17.8. The smallest absolute Gasteiger partial charge is 0.306 e. The number of aliphatic hydroxyl groups excluding tert-OH is 1. The van der Waals surface area contributed by atoms with Crippen molar-refractivity contribution in [3.8, 4) is 5.69 Å². The van der Waals surface area contributed by atoms with Crippen molar-refractivity contribution in [3.05, 3.63) is 76.9 Å². The molecule has 1 aromatic carbocycles. The Morgan fingerprint density at radius 2 is 1.66 bits per heavy atom. The molecule has 3 aromatic rings. The van der Waals surface area contributed by atoms with E-state index in [4.69, 9.17) is 31.2 Å². The summed E-state index contributed by atoms with van der Waals surface area (Å²) in [7, 11) is 1.46. The van der Waals surface area contributed by atoms with Gasteiger partial charge in [0.05, 0.1) is 37.1 Å². The highest BCUT2D eigenvalue weighted by atomic mass is 32.5. The number of esters is 1. The molecule has 452 valence electrons. The van der Waals surface area contributed by atoms with Crippen LogP contribution in [-0.4, -0.2) is 149 Å². The van der Waals surface area contributed by atoms with Gasteiger partial charge in [-0.15, -0.1) is 0 Å². The lowest BCUT2D eigenvalue weighted by atomic mass is 9.93. The molecule has 1 aliphatic carbocycles. The predicted octanol–water partition coefficient (Wildman–Crippen LogP) is 8.89. The molecule has 4 aliphatic heterocycles. The first-order chi connectivity index (χ1) is 39.5. The summed E-state index contributed by atoms with van der Waals surface area (Å²) in [5.74, 6) is 3.04. The first-order valence-electron chi connectivity index (χ1n) is 31.2. The number of pyridine rings is 1. The molecule has 0 bridgehead atoms. The fraction of sp³-hybridized carbons (Fsp3) is 0.683. The molecule has 7 atom stereocenters. The number of nitrogens with one attached hydrogen (secondary N) is 2. The number of ether oxygens (including phenoxy) is 1. The number of amides is 3. The molecule has 0 spiro atoms. The number of likely N-dealkylation sites (tertiary alicyclic amines) is 2. The van der Waals surface area contributed by atoms with Crippen LogP contribution in [0, 0.1) is 31.6 Å². The number of β-amino-alcohol motifs (C(OH)–C–C–N with tert-alkyl or cyclic N) is 1. The van der Waals surface area contributed by atoms with E-state index in [-0.39, 0.29) is 74.0 Å². The molecule has 0 radical (unpaired) electrons. The summed E-state index contributed by atoms with van der Waals surface area (Å²) in [5.41, 5.74) is 7.43. The lowest BCUT2D eigenvalue weighted by molar-refractivity contribution is -0.180. The van der Waals surface area contributed by atoms with Gasteiger partial charge in [0.2, 0.25) is 17.7 Å². The summed E-state index contributed by atoms with van der Waals surface area (Å²) < 4.78 is 13.0. The molecule has 82 heavy (non-hydrogen) atoms. The van der Waals surface area contributed by atoms with Crippen LogP contribution >= 0.6 is 6.49 Å². The summed E-state index contributed by atoms with van der Waals surface area (Å²) >= 11 is 5.39. The number of benzene rings is 1. The van der Waals surface area contributed by atoms with Crippen molar-refractivity contribution in [3.63, 3.8) is 0 Å². The van der Waals surface area contributed by atoms with E-state index < -0.39 is 18.6 Å². The van der Waals surface area contributed by atoms with Crippen molar-refractivity contribution in [2.45, 2.75) is 180 Å². The number of aromatic nitrogens is 3. The molecule has 3 N–H and O–H groups in total. The molecule has 17 nitrogen and oxygen atoms in total. The molecular formula is C63H95N9O8PS-. The largest absolute Gasteiger partial charge is 0.791 e. The molecule has 2 aromatic heterocycles. The Labute approximate surface area is 493 Å². The van der Waals surface area contributed by atoms with E-state index in [1.165, 1.54) is 44.8 Å². The lowest BCUT2D eigenvalue weighted by Gasteiger charge is -2.37. The quantitative estimate of drug-likeness (QED) is 0.0232. The fourth-order valence-electron chi connectivity index (χ4n) is 13.0. The second-order valence-corrected chi connectivity index (χ2v) is 27.9. The van der Waals surface area contributed by atoms with Gasteiger partial charge in [-0.3, -0.25) is 19.2 Å². The van der Waals surface area contributed by atoms with Crippen molar-refractivity contribution in [2.24, 2.45) is 17.8 Å². The number of hydrogen-bond acceptors (Lipinski definition) is 14. The molecule has 5 aliphatic rings. The van der Waals surface area contributed by atoms with E-state index >= 15 is 0 Å². The normalized spacial score (nSPS) is 21.8. The minimum absolute atomic E-state index is 0.0401. The first-order valence-corrected chi connectivity index (χ1v) is 34.0. The standard InChI is InChI=1S/C63H96N9O8PS/c1-6-7-16-50-36-51(50)17-10-9-13-34-81(78,82)80-47(4)58-41-57(73)44-71(58)61(76)20-11-8-12-27-64-59(74)19-14-21-60(75)70-32-30-69(31-33-70)55-37-52(38-56(40-55)72-46(3)35-45(2)67-72)53(39-62(77)79-5)43-68-29-26-48(42-68)22-24-54-25-23-49-18-15-28-65-63(49)66-54/h23,25,35,37-38,40,48,50-51,53,57-58,73H,4,6-22,24,26-34,36,39,41-44H2,1-3,5H3,(H,64,74)(H,65,66)(H,78,82)/p-1/t48-,50?,51+,53-,57-,58+,81?/m1/s1. The van der Waals surface area contributed by atoms with Crippen LogP contribution in [0.4, 0.5) is 11.5 Å². The number of carbonyl (C=O) groups is 4. The second-order valence-electron chi connectivity index (χ2n) is 24.4. The Kier molecular flexibility index (Phi) is 23.7. The summed E-state index contributed by atoms with van der Waals surface area (Å²) in [6.07, 6.45) is 18.1. The SMILES string of the molecule is C=C(OP([O-])(=S)CCCCC[C@H]1CC1CCCC)[C@@H]1C[C@@H](O)CN1C(=O)CCCCCNC(=O)CCCC(=O)N1CCN(c2cc([C@H](CC(=O)OC)CN3CC[C@@H](CCc4ccc5c(n4)NCCC5)C3)cc(-n3nc(C)cc3C)c2)CC1. The summed E-state index contributed by atoms with van der Waals surface area (Å²) in [6.45, 7) is 13.7. The summed E-state index contributed by atoms with van der Waals surface area (Å²) in [6, 6.07) is 12.5. The van der Waals surface area contributed by atoms with Crippen LogP contribution in [0.2, 0.25) is 0 Å². The lowest BCUT2D eigenvalue weighted by Crippen LogP contribution is -2.48. The van der Waals surface area contributed by atoms with Gasteiger partial charge >= 0.3 is 5.97 Å². The molecule has 19 heteroatoms. The van der Waals surface area contributed by atoms with Gasteiger partial charge in [-0.25, -0.2) is 9.67 Å². The van der Waals surface area contributed by atoms with Crippen molar-refractivity contribution < 1.29 is 38.4 Å². The van der Waals surface area contributed by atoms with Crippen LogP contribution in [0.1, 0.15) is 169 Å². The number of nitrogens with zero attached hydrogens (tertiary/aromatic N) is 7. The number of unbranched alkanes of at least 4 members (excludes halogenated alkanes) is 5. The Bertz CT molecular complexity index is 2680. The van der Waals surface area contributed by atoms with Crippen molar-refractivity contribution in [1.82, 2.24) is 34.8 Å². The number of fused-ring (bicyclic) bond motifs is 1. The van der Waals surface area contributed by atoms with E-state index in [2.05, 4.69) is 77.3 Å². The van der Waals surface area contributed by atoms with E-state index in [1.807, 2.05) is 16.5 Å². The van der Waals surface area contributed by atoms with E-state index in [9.17, 15) is 29.2 Å². The number of methoxy groups -OCH3 is 1. The number of aryl methyl sites for hydroxylation is 4. The third kappa shape index (κ3) is 18.8. The van der Waals surface area contributed by atoms with Crippen LogP contribution in [-0.2, 0) is 53.1 Å². The number of aliphatic hydroxyl groups is 1. The summed E-state index contributed by atoms with van der Waals surface area (Å²) in [5, 5.41) is 21.8. The number of hydrogen-bond donors (Lipinski definition) is 3. The van der Waals surface area contributed by atoms with Crippen LogP contribution in [0.15, 0.2) is 48.7 Å². The monoisotopic (exact) mass is 1170 g/mol. The zero-order valence-electron chi connectivity index (χ0n) is 49.8. The summed E-state index contributed by atoms with van der Waals surface area (Å²) in [4.78, 5) is 79.2. The predicted molar refractivity (Wildman–Crippen MR) is 326 cm³/mol. The molecule has 2 unspecified atom stereocenters. The zero-order chi connectivity index (χ0) is 58.2. The minimum atomic E-state index is -3.36. The van der Waals surface area contributed by atoms with Gasteiger partial charge in [-0.1, -0.05) is 76.3 Å². The Morgan fingerprint density at radius 3 is 2.43 bits per heavy atom. The Balaban J connectivity index is 0.734. The Morgan fingerprint density at radius 1 is 0.890 bits per heavy atom.